The van der Waals surface area contributed by atoms with Gasteiger partial charge in [-0.2, -0.15) is 0 Å². The normalized spacial score (nSPS) is 28.2. The van der Waals surface area contributed by atoms with Crippen LogP contribution in [0.4, 0.5) is 0 Å². The molecule has 0 bridgehead atoms. The summed E-state index contributed by atoms with van der Waals surface area (Å²) in [5.41, 5.74) is -0.268. The van der Waals surface area contributed by atoms with Crippen LogP contribution in [0.3, 0.4) is 0 Å². The van der Waals surface area contributed by atoms with Crippen molar-refractivity contribution in [1.29, 1.82) is 0 Å². The van der Waals surface area contributed by atoms with Crippen LogP contribution in [0.2, 0.25) is 13.1 Å². The molecule has 1 rings (SSSR count). The maximum Gasteiger partial charge on any atom is 0.393 e. The lowest BCUT2D eigenvalue weighted by Gasteiger charge is -2.17. The van der Waals surface area contributed by atoms with Gasteiger partial charge in [-0.3, -0.25) is 0 Å². The zero-order valence-corrected chi connectivity index (χ0v) is 8.02. The highest BCUT2D eigenvalue weighted by Crippen LogP contribution is 2.34. The van der Waals surface area contributed by atoms with E-state index in [2.05, 4.69) is 6.58 Å². The van der Waals surface area contributed by atoms with E-state index in [1.54, 1.807) is 0 Å². The number of hydrogen-bond donors (Lipinski definition) is 0. The minimum absolute atomic E-state index is 0.268. The molecule has 0 spiro atoms. The Morgan fingerprint density at radius 2 is 1.90 bits per heavy atom. The van der Waals surface area contributed by atoms with Crippen molar-refractivity contribution in [2.24, 2.45) is 0 Å². The summed E-state index contributed by atoms with van der Waals surface area (Å²) in [5.74, 6) is 0.768. The van der Waals surface area contributed by atoms with Gasteiger partial charge in [0.1, 0.15) is 11.4 Å². The van der Waals surface area contributed by atoms with Gasteiger partial charge in [0, 0.05) is 0 Å². The van der Waals surface area contributed by atoms with Gasteiger partial charge >= 0.3 is 8.56 Å². The summed E-state index contributed by atoms with van der Waals surface area (Å²) in [5, 5.41) is 0. The largest absolute Gasteiger partial charge is 0.522 e. The second-order valence-corrected chi connectivity index (χ2v) is 6.75. The highest BCUT2D eigenvalue weighted by atomic mass is 28.4. The standard InChI is InChI=1S/C7H14O2Si/c1-6-7(2,3)9-10(4,5)8-6/h1H2,2-5H3. The lowest BCUT2D eigenvalue weighted by molar-refractivity contribution is 0.164. The highest BCUT2D eigenvalue weighted by molar-refractivity contribution is 6.65. The van der Waals surface area contributed by atoms with Crippen molar-refractivity contribution >= 4 is 8.56 Å². The maximum atomic E-state index is 5.67. The molecule has 0 aliphatic carbocycles. The zero-order chi connectivity index (χ0) is 7.99. The summed E-state index contributed by atoms with van der Waals surface area (Å²) < 4.78 is 11.2. The second kappa shape index (κ2) is 1.86. The molecular formula is C7H14O2Si. The summed E-state index contributed by atoms with van der Waals surface area (Å²) in [4.78, 5) is 0. The molecule has 58 valence electrons. The van der Waals surface area contributed by atoms with E-state index in [0.717, 1.165) is 5.76 Å². The van der Waals surface area contributed by atoms with Gasteiger partial charge in [0.15, 0.2) is 0 Å². The minimum Gasteiger partial charge on any atom is -0.522 e. The van der Waals surface area contributed by atoms with Crippen molar-refractivity contribution in [3.8, 4) is 0 Å². The third-order valence-electron chi connectivity index (χ3n) is 1.54. The molecule has 0 amide bonds. The molecule has 0 atom stereocenters. The average Bonchev–Trinajstić information content (AvgIpc) is 1.73. The van der Waals surface area contributed by atoms with Crippen LogP contribution in [-0.4, -0.2) is 14.2 Å². The Morgan fingerprint density at radius 3 is 2.00 bits per heavy atom. The Bertz CT molecular complexity index is 172. The molecule has 0 N–H and O–H groups in total. The average molecular weight is 158 g/mol. The SMILES string of the molecule is C=C1O[Si](C)(C)OC1(C)C. The van der Waals surface area contributed by atoms with E-state index in [0.29, 0.717) is 0 Å². The fourth-order valence-electron chi connectivity index (χ4n) is 1.11. The van der Waals surface area contributed by atoms with Crippen LogP contribution in [-0.2, 0) is 8.85 Å². The highest BCUT2D eigenvalue weighted by Gasteiger charge is 2.45. The summed E-state index contributed by atoms with van der Waals surface area (Å²) >= 11 is 0. The predicted octanol–water partition coefficient (Wildman–Crippen LogP) is 2.03. The summed E-state index contributed by atoms with van der Waals surface area (Å²) in [6, 6.07) is 0. The number of hydrogen-bond acceptors (Lipinski definition) is 2. The molecule has 3 heteroatoms. The van der Waals surface area contributed by atoms with Gasteiger partial charge in [0.2, 0.25) is 0 Å². The molecule has 1 saturated heterocycles. The predicted molar refractivity (Wildman–Crippen MR) is 42.9 cm³/mol. The molecular weight excluding hydrogens is 144 g/mol. The number of rotatable bonds is 0. The fraction of sp³-hybridized carbons (Fsp3) is 0.714. The van der Waals surface area contributed by atoms with E-state index in [-0.39, 0.29) is 5.60 Å². The molecule has 0 aromatic heterocycles. The van der Waals surface area contributed by atoms with Gasteiger partial charge in [-0.05, 0) is 26.9 Å². The van der Waals surface area contributed by atoms with Crippen LogP contribution in [0.1, 0.15) is 13.8 Å². The van der Waals surface area contributed by atoms with Gasteiger partial charge in [-0.25, -0.2) is 0 Å². The van der Waals surface area contributed by atoms with Crippen LogP contribution in [0.25, 0.3) is 0 Å². The van der Waals surface area contributed by atoms with Crippen molar-refractivity contribution in [3.05, 3.63) is 12.3 Å². The van der Waals surface area contributed by atoms with E-state index < -0.39 is 8.56 Å². The van der Waals surface area contributed by atoms with E-state index in [1.165, 1.54) is 0 Å². The first kappa shape index (κ1) is 7.82. The summed E-state index contributed by atoms with van der Waals surface area (Å²) in [7, 11) is -1.84. The van der Waals surface area contributed by atoms with E-state index >= 15 is 0 Å². The lowest BCUT2D eigenvalue weighted by Crippen LogP contribution is -2.31. The topological polar surface area (TPSA) is 18.5 Å². The quantitative estimate of drug-likeness (QED) is 0.502. The lowest BCUT2D eigenvalue weighted by atomic mass is 10.1. The molecule has 0 unspecified atom stereocenters. The van der Waals surface area contributed by atoms with Crippen LogP contribution >= 0.6 is 0 Å². The summed E-state index contributed by atoms with van der Waals surface area (Å²) in [6.07, 6.45) is 0. The Labute approximate surface area is 63.1 Å². The molecule has 0 radical (unpaired) electrons. The van der Waals surface area contributed by atoms with Crippen molar-refractivity contribution in [2.45, 2.75) is 32.5 Å². The molecule has 10 heavy (non-hydrogen) atoms. The van der Waals surface area contributed by atoms with Gasteiger partial charge in [-0.15, -0.1) is 0 Å². The third kappa shape index (κ3) is 1.25. The van der Waals surface area contributed by atoms with E-state index in [4.69, 9.17) is 8.85 Å². The summed E-state index contributed by atoms with van der Waals surface area (Å²) in [6.45, 7) is 11.8. The van der Waals surface area contributed by atoms with Gasteiger partial charge in [-0.1, -0.05) is 6.58 Å². The molecule has 1 fully saturated rings. The molecule has 0 aromatic carbocycles. The van der Waals surface area contributed by atoms with Crippen molar-refractivity contribution in [1.82, 2.24) is 0 Å². The van der Waals surface area contributed by atoms with Crippen LogP contribution in [0.5, 0.6) is 0 Å². The van der Waals surface area contributed by atoms with Gasteiger partial charge in [0.25, 0.3) is 0 Å². The molecule has 2 nitrogen and oxygen atoms in total. The van der Waals surface area contributed by atoms with Crippen molar-refractivity contribution in [3.63, 3.8) is 0 Å². The molecule has 0 saturated carbocycles. The van der Waals surface area contributed by atoms with E-state index in [9.17, 15) is 0 Å². The van der Waals surface area contributed by atoms with Gasteiger partial charge < -0.3 is 8.85 Å². The van der Waals surface area contributed by atoms with Crippen molar-refractivity contribution < 1.29 is 8.85 Å². The van der Waals surface area contributed by atoms with Crippen molar-refractivity contribution in [2.75, 3.05) is 0 Å². The Balaban J connectivity index is 2.81. The Hall–Kier alpha value is -0.283. The van der Waals surface area contributed by atoms with Gasteiger partial charge in [0.05, 0.1) is 0 Å². The van der Waals surface area contributed by atoms with Crippen LogP contribution < -0.4 is 0 Å². The first-order chi connectivity index (χ1) is 4.33. The second-order valence-electron chi connectivity index (χ2n) is 3.54. The molecule has 1 aliphatic rings. The molecule has 1 heterocycles. The minimum atomic E-state index is -1.84. The smallest absolute Gasteiger partial charge is 0.393 e. The first-order valence-electron chi connectivity index (χ1n) is 3.42. The van der Waals surface area contributed by atoms with E-state index in [1.807, 2.05) is 26.9 Å². The zero-order valence-electron chi connectivity index (χ0n) is 7.02. The Kier molecular flexibility index (Phi) is 1.45. The maximum absolute atomic E-state index is 5.67. The van der Waals surface area contributed by atoms with Crippen LogP contribution in [0, 0.1) is 0 Å². The van der Waals surface area contributed by atoms with Crippen LogP contribution in [0.15, 0.2) is 12.3 Å². The fourth-order valence-corrected chi connectivity index (χ4v) is 3.34. The third-order valence-corrected chi connectivity index (χ3v) is 3.28. The first-order valence-corrected chi connectivity index (χ1v) is 6.24. The molecule has 1 aliphatic heterocycles. The monoisotopic (exact) mass is 158 g/mol. The Morgan fingerprint density at radius 1 is 1.40 bits per heavy atom. The molecule has 0 aromatic rings.